The van der Waals surface area contributed by atoms with E-state index >= 15 is 0 Å². The molecular formula is C27H30N4O4. The van der Waals surface area contributed by atoms with Crippen LogP contribution in [0.1, 0.15) is 19.4 Å². The van der Waals surface area contributed by atoms with Gasteiger partial charge in [0.05, 0.1) is 12.6 Å². The second-order valence-electron chi connectivity index (χ2n) is 8.87. The minimum absolute atomic E-state index is 0.298. The Morgan fingerprint density at radius 2 is 1.60 bits per heavy atom. The molecule has 4 amide bonds. The summed E-state index contributed by atoms with van der Waals surface area (Å²) in [6, 6.07) is 24.6. The van der Waals surface area contributed by atoms with E-state index in [1.54, 1.807) is 48.4 Å². The molecule has 1 aliphatic rings. The number of hydrogen-bond acceptors (Lipinski definition) is 4. The fourth-order valence-electron chi connectivity index (χ4n) is 4.52. The van der Waals surface area contributed by atoms with Crippen LogP contribution < -0.4 is 15.0 Å². The van der Waals surface area contributed by atoms with E-state index < -0.39 is 17.7 Å². The van der Waals surface area contributed by atoms with E-state index in [4.69, 9.17) is 4.74 Å². The smallest absolute Gasteiger partial charge is 0.347 e. The number of carbonyl (C=O) groups is 2. The standard InChI is InChI=1S/C27H30N4O4/c1-27(2)24(31(34)25(32)28-21-13-6-4-7-14-21)30(22-15-8-5-9-16-22)26(33)29(27)19-18-20-12-10-11-17-23(20)35-3/h4-17,24,34H,18-19H2,1-3H3,(H,28,32). The number of nitrogens with zero attached hydrogens (tertiary/aromatic N) is 3. The summed E-state index contributed by atoms with van der Waals surface area (Å²) in [5.74, 6) is 0.749. The normalized spacial score (nSPS) is 16.8. The van der Waals surface area contributed by atoms with Crippen molar-refractivity contribution in [1.29, 1.82) is 0 Å². The molecule has 0 bridgehead atoms. The van der Waals surface area contributed by atoms with Gasteiger partial charge in [0.25, 0.3) is 0 Å². The maximum absolute atomic E-state index is 13.7. The summed E-state index contributed by atoms with van der Waals surface area (Å²) in [6.45, 7) is 4.07. The van der Waals surface area contributed by atoms with Crippen molar-refractivity contribution >= 4 is 23.4 Å². The number of benzene rings is 3. The van der Waals surface area contributed by atoms with E-state index in [9.17, 15) is 14.8 Å². The summed E-state index contributed by atoms with van der Waals surface area (Å²) in [5.41, 5.74) is 1.17. The Morgan fingerprint density at radius 1 is 1.00 bits per heavy atom. The van der Waals surface area contributed by atoms with Crippen LogP contribution in [0.25, 0.3) is 0 Å². The third-order valence-electron chi connectivity index (χ3n) is 6.31. The van der Waals surface area contributed by atoms with Crippen LogP contribution in [-0.2, 0) is 6.42 Å². The molecule has 1 atom stereocenters. The molecule has 8 heteroatoms. The van der Waals surface area contributed by atoms with E-state index in [0.29, 0.717) is 29.4 Å². The van der Waals surface area contributed by atoms with Crippen LogP contribution in [0.5, 0.6) is 5.75 Å². The van der Waals surface area contributed by atoms with E-state index in [1.165, 1.54) is 4.90 Å². The molecule has 8 nitrogen and oxygen atoms in total. The molecule has 182 valence electrons. The zero-order valence-electron chi connectivity index (χ0n) is 20.1. The highest BCUT2D eigenvalue weighted by Gasteiger charge is 2.55. The predicted molar refractivity (Wildman–Crippen MR) is 135 cm³/mol. The Kier molecular flexibility index (Phi) is 6.93. The molecule has 0 aromatic heterocycles. The lowest BCUT2D eigenvalue weighted by molar-refractivity contribution is -0.0947. The summed E-state index contributed by atoms with van der Waals surface area (Å²) in [6.07, 6.45) is -0.422. The van der Waals surface area contributed by atoms with Crippen LogP contribution in [0.3, 0.4) is 0 Å². The summed E-state index contributed by atoms with van der Waals surface area (Å²) >= 11 is 0. The highest BCUT2D eigenvalue weighted by molar-refractivity contribution is 5.98. The number of nitrogens with one attached hydrogen (secondary N) is 1. The van der Waals surface area contributed by atoms with E-state index in [0.717, 1.165) is 11.3 Å². The lowest BCUT2D eigenvalue weighted by Gasteiger charge is -2.38. The first-order valence-corrected chi connectivity index (χ1v) is 11.5. The van der Waals surface area contributed by atoms with Crippen molar-refractivity contribution in [3.8, 4) is 5.75 Å². The fourth-order valence-corrected chi connectivity index (χ4v) is 4.52. The molecule has 3 aromatic rings. The SMILES string of the molecule is COc1ccccc1CCN1C(=O)N(c2ccccc2)C(N(O)C(=O)Nc2ccccc2)C1(C)C. The van der Waals surface area contributed by atoms with Crippen LogP contribution in [0.2, 0.25) is 0 Å². The Morgan fingerprint density at radius 3 is 2.26 bits per heavy atom. The number of para-hydroxylation sites is 3. The number of methoxy groups -OCH3 is 1. The molecule has 35 heavy (non-hydrogen) atoms. The van der Waals surface area contributed by atoms with Gasteiger partial charge < -0.3 is 15.0 Å². The van der Waals surface area contributed by atoms with Gasteiger partial charge in [0, 0.05) is 17.9 Å². The number of carbonyl (C=O) groups excluding carboxylic acids is 2. The van der Waals surface area contributed by atoms with Crippen molar-refractivity contribution in [3.63, 3.8) is 0 Å². The summed E-state index contributed by atoms with van der Waals surface area (Å²) in [7, 11) is 1.62. The summed E-state index contributed by atoms with van der Waals surface area (Å²) < 4.78 is 5.46. The Balaban J connectivity index is 1.64. The van der Waals surface area contributed by atoms with Crippen molar-refractivity contribution in [2.45, 2.75) is 32.0 Å². The molecule has 3 aromatic carbocycles. The van der Waals surface area contributed by atoms with Crippen molar-refractivity contribution in [3.05, 3.63) is 90.5 Å². The predicted octanol–water partition coefficient (Wildman–Crippen LogP) is 5.21. The van der Waals surface area contributed by atoms with Gasteiger partial charge >= 0.3 is 12.1 Å². The quantitative estimate of drug-likeness (QED) is 0.364. The van der Waals surface area contributed by atoms with Crippen molar-refractivity contribution in [1.82, 2.24) is 9.96 Å². The third kappa shape index (κ3) is 4.79. The molecule has 0 radical (unpaired) electrons. The average molecular weight is 475 g/mol. The maximum atomic E-state index is 13.7. The summed E-state index contributed by atoms with van der Waals surface area (Å²) in [4.78, 5) is 29.9. The first-order chi connectivity index (χ1) is 16.8. The Bertz CT molecular complexity index is 1170. The second kappa shape index (κ2) is 10.1. The van der Waals surface area contributed by atoms with Gasteiger partial charge in [0.2, 0.25) is 0 Å². The third-order valence-corrected chi connectivity index (χ3v) is 6.31. The van der Waals surface area contributed by atoms with Crippen molar-refractivity contribution in [2.75, 3.05) is 23.9 Å². The van der Waals surface area contributed by atoms with Crippen LogP contribution in [0, 0.1) is 0 Å². The molecular weight excluding hydrogens is 444 g/mol. The highest BCUT2D eigenvalue weighted by Crippen LogP contribution is 2.38. The molecule has 1 saturated heterocycles. The first kappa shape index (κ1) is 24.1. The number of hydrogen-bond donors (Lipinski definition) is 2. The van der Waals surface area contributed by atoms with E-state index in [1.807, 2.05) is 62.4 Å². The number of hydroxylamine groups is 2. The molecule has 1 unspecified atom stereocenters. The molecule has 2 N–H and O–H groups in total. The van der Waals surface area contributed by atoms with Gasteiger partial charge in [-0.2, -0.15) is 5.06 Å². The van der Waals surface area contributed by atoms with Gasteiger partial charge in [-0.25, -0.2) is 9.59 Å². The van der Waals surface area contributed by atoms with E-state index in [2.05, 4.69) is 5.32 Å². The minimum atomic E-state index is -0.973. The van der Waals surface area contributed by atoms with Gasteiger partial charge in [-0.05, 0) is 56.2 Å². The van der Waals surface area contributed by atoms with Crippen LogP contribution >= 0.6 is 0 Å². The largest absolute Gasteiger partial charge is 0.496 e. The molecule has 1 fully saturated rings. The lowest BCUT2D eigenvalue weighted by atomic mass is 9.99. The molecule has 4 rings (SSSR count). The number of ether oxygens (including phenoxy) is 1. The van der Waals surface area contributed by atoms with Gasteiger partial charge in [-0.15, -0.1) is 0 Å². The van der Waals surface area contributed by atoms with Crippen molar-refractivity contribution < 1.29 is 19.5 Å². The average Bonchev–Trinajstić information content (AvgIpc) is 3.07. The number of anilines is 2. The Hall–Kier alpha value is -4.04. The number of amides is 4. The lowest BCUT2D eigenvalue weighted by Crippen LogP contribution is -2.58. The molecule has 0 saturated carbocycles. The highest BCUT2D eigenvalue weighted by atomic mass is 16.5. The van der Waals surface area contributed by atoms with Gasteiger partial charge in [0.1, 0.15) is 5.75 Å². The molecule has 0 aliphatic carbocycles. The summed E-state index contributed by atoms with van der Waals surface area (Å²) in [5, 5.41) is 14.4. The van der Waals surface area contributed by atoms with Gasteiger partial charge in [0.15, 0.2) is 6.17 Å². The zero-order chi connectivity index (χ0) is 25.0. The fraction of sp³-hybridized carbons (Fsp3) is 0.259. The number of rotatable bonds is 7. The van der Waals surface area contributed by atoms with Crippen LogP contribution in [-0.4, -0.2) is 52.6 Å². The maximum Gasteiger partial charge on any atom is 0.347 e. The molecule has 1 aliphatic heterocycles. The molecule has 0 spiro atoms. The second-order valence-corrected chi connectivity index (χ2v) is 8.87. The monoisotopic (exact) mass is 474 g/mol. The number of urea groups is 2. The van der Waals surface area contributed by atoms with Crippen LogP contribution in [0.4, 0.5) is 21.0 Å². The van der Waals surface area contributed by atoms with Gasteiger partial charge in [-0.3, -0.25) is 10.1 Å². The topological polar surface area (TPSA) is 85.3 Å². The van der Waals surface area contributed by atoms with E-state index in [-0.39, 0.29) is 6.03 Å². The van der Waals surface area contributed by atoms with Crippen molar-refractivity contribution in [2.24, 2.45) is 0 Å². The zero-order valence-corrected chi connectivity index (χ0v) is 20.1. The first-order valence-electron chi connectivity index (χ1n) is 11.5. The molecule has 1 heterocycles. The van der Waals surface area contributed by atoms with Gasteiger partial charge in [-0.1, -0.05) is 54.6 Å². The Labute approximate surface area is 205 Å². The minimum Gasteiger partial charge on any atom is -0.496 e. The van der Waals surface area contributed by atoms with Crippen LogP contribution in [0.15, 0.2) is 84.9 Å².